The van der Waals surface area contributed by atoms with Crippen LogP contribution in [0.25, 0.3) is 20.9 Å². The quantitative estimate of drug-likeness (QED) is 0.757. The smallest absolute Gasteiger partial charge is 0.260 e. The van der Waals surface area contributed by atoms with E-state index in [1.165, 1.54) is 11.3 Å². The van der Waals surface area contributed by atoms with Gasteiger partial charge in [0.15, 0.2) is 5.82 Å². The van der Waals surface area contributed by atoms with E-state index in [0.29, 0.717) is 21.2 Å². The zero-order valence-electron chi connectivity index (χ0n) is 10.0. The van der Waals surface area contributed by atoms with Crippen LogP contribution in [-0.4, -0.2) is 15.9 Å². The van der Waals surface area contributed by atoms with E-state index in [-0.39, 0.29) is 0 Å². The number of rotatable bonds is 2. The molecule has 0 bridgehead atoms. The Morgan fingerprint density at radius 1 is 1.37 bits per heavy atom. The molecule has 0 atom stereocenters. The minimum atomic E-state index is -0.530. The molecule has 0 aliphatic rings. The molecular weight excluding hydrogens is 280 g/mol. The molecular formula is C12H10N4OS2. The fourth-order valence-electron chi connectivity index (χ4n) is 1.89. The molecule has 3 aromatic rings. The second-order valence-electron chi connectivity index (χ2n) is 4.00. The number of hydrogen-bond acceptors (Lipinski definition) is 6. The van der Waals surface area contributed by atoms with Crippen LogP contribution < -0.4 is 11.5 Å². The molecule has 3 heterocycles. The predicted octanol–water partition coefficient (Wildman–Crippen LogP) is 2.41. The Kier molecular flexibility index (Phi) is 2.72. The van der Waals surface area contributed by atoms with Gasteiger partial charge in [0.2, 0.25) is 0 Å². The van der Waals surface area contributed by atoms with Crippen molar-refractivity contribution in [1.29, 1.82) is 0 Å². The Morgan fingerprint density at radius 2 is 2.16 bits per heavy atom. The first-order valence-corrected chi connectivity index (χ1v) is 7.18. The van der Waals surface area contributed by atoms with Gasteiger partial charge in [-0.25, -0.2) is 9.97 Å². The maximum atomic E-state index is 11.3. The number of nitrogens with zero attached hydrogens (tertiary/aromatic N) is 2. The second kappa shape index (κ2) is 4.29. The molecule has 5 nitrogen and oxygen atoms in total. The summed E-state index contributed by atoms with van der Waals surface area (Å²) in [5.74, 6) is 0.120. The molecule has 1 amide bonds. The predicted molar refractivity (Wildman–Crippen MR) is 78.4 cm³/mol. The van der Waals surface area contributed by atoms with Gasteiger partial charge in [-0.15, -0.1) is 22.7 Å². The number of primary amides is 1. The summed E-state index contributed by atoms with van der Waals surface area (Å²) in [6.07, 6.45) is 0. The maximum Gasteiger partial charge on any atom is 0.260 e. The van der Waals surface area contributed by atoms with E-state index < -0.39 is 5.91 Å². The number of thiophene rings is 2. The largest absolute Gasteiger partial charge is 0.397 e. The Balaban J connectivity index is 2.30. The van der Waals surface area contributed by atoms with E-state index in [2.05, 4.69) is 9.97 Å². The molecule has 3 aromatic heterocycles. The molecule has 0 fully saturated rings. The van der Waals surface area contributed by atoms with E-state index in [4.69, 9.17) is 11.5 Å². The van der Waals surface area contributed by atoms with Gasteiger partial charge < -0.3 is 11.5 Å². The van der Waals surface area contributed by atoms with Gasteiger partial charge in [-0.1, -0.05) is 6.07 Å². The third kappa shape index (κ3) is 1.87. The normalized spacial score (nSPS) is 11.0. The van der Waals surface area contributed by atoms with Crippen LogP contribution in [0.1, 0.15) is 15.4 Å². The molecule has 96 valence electrons. The van der Waals surface area contributed by atoms with E-state index >= 15 is 0 Å². The number of carbonyl (C=O) groups is 1. The van der Waals surface area contributed by atoms with Crippen molar-refractivity contribution in [3.05, 3.63) is 28.1 Å². The highest BCUT2D eigenvalue weighted by Gasteiger charge is 2.18. The zero-order valence-corrected chi connectivity index (χ0v) is 11.6. The number of aryl methyl sites for hydroxylation is 1. The fraction of sp³-hybridized carbons (Fsp3) is 0.0833. The Bertz CT molecular complexity index is 777. The lowest BCUT2D eigenvalue weighted by molar-refractivity contribution is 0.100. The highest BCUT2D eigenvalue weighted by Crippen LogP contribution is 2.35. The van der Waals surface area contributed by atoms with Gasteiger partial charge in [0.25, 0.3) is 5.91 Å². The van der Waals surface area contributed by atoms with Crippen LogP contribution in [0.3, 0.4) is 0 Å². The van der Waals surface area contributed by atoms with Crippen molar-refractivity contribution < 1.29 is 4.79 Å². The van der Waals surface area contributed by atoms with Crippen LogP contribution in [0.2, 0.25) is 0 Å². The number of carbonyl (C=O) groups excluding carboxylic acids is 1. The zero-order chi connectivity index (χ0) is 13.6. The lowest BCUT2D eigenvalue weighted by Gasteiger charge is -2.01. The van der Waals surface area contributed by atoms with E-state index in [1.807, 2.05) is 24.4 Å². The molecule has 7 heteroatoms. The van der Waals surface area contributed by atoms with Gasteiger partial charge in [-0.3, -0.25) is 4.79 Å². The monoisotopic (exact) mass is 290 g/mol. The average Bonchev–Trinajstić information content (AvgIpc) is 2.96. The Morgan fingerprint density at radius 3 is 2.79 bits per heavy atom. The Hall–Kier alpha value is -1.99. The Labute approximate surface area is 116 Å². The van der Waals surface area contributed by atoms with E-state index in [9.17, 15) is 4.79 Å². The summed E-state index contributed by atoms with van der Waals surface area (Å²) in [7, 11) is 0. The summed E-state index contributed by atoms with van der Waals surface area (Å²) < 4.78 is 0. The van der Waals surface area contributed by atoms with Gasteiger partial charge >= 0.3 is 0 Å². The van der Waals surface area contributed by atoms with Crippen LogP contribution in [0.5, 0.6) is 0 Å². The SMILES string of the molecule is Cc1nc(-c2cccs2)nc2sc(C(N)=O)c(N)c12. The number of nitrogens with two attached hydrogens (primary N) is 2. The van der Waals surface area contributed by atoms with E-state index in [0.717, 1.165) is 16.0 Å². The van der Waals surface area contributed by atoms with Gasteiger partial charge in [0.05, 0.1) is 21.6 Å². The lowest BCUT2D eigenvalue weighted by atomic mass is 10.2. The molecule has 3 rings (SSSR count). The van der Waals surface area contributed by atoms with Crippen molar-refractivity contribution in [3.63, 3.8) is 0 Å². The molecule has 0 radical (unpaired) electrons. The van der Waals surface area contributed by atoms with Crippen molar-refractivity contribution in [3.8, 4) is 10.7 Å². The molecule has 0 unspecified atom stereocenters. The maximum absolute atomic E-state index is 11.3. The van der Waals surface area contributed by atoms with Gasteiger partial charge in [0, 0.05) is 0 Å². The van der Waals surface area contributed by atoms with E-state index in [1.54, 1.807) is 11.3 Å². The lowest BCUT2D eigenvalue weighted by Crippen LogP contribution is -2.10. The summed E-state index contributed by atoms with van der Waals surface area (Å²) in [4.78, 5) is 22.3. The number of hydrogen-bond donors (Lipinski definition) is 2. The molecule has 0 saturated carbocycles. The first-order valence-electron chi connectivity index (χ1n) is 5.48. The van der Waals surface area contributed by atoms with Crippen LogP contribution in [0.15, 0.2) is 17.5 Å². The number of aromatic nitrogens is 2. The van der Waals surface area contributed by atoms with Crippen LogP contribution in [0.4, 0.5) is 5.69 Å². The number of nitrogen functional groups attached to an aromatic ring is 1. The second-order valence-corrected chi connectivity index (χ2v) is 5.95. The van der Waals surface area contributed by atoms with Crippen LogP contribution in [-0.2, 0) is 0 Å². The summed E-state index contributed by atoms with van der Waals surface area (Å²) in [6, 6.07) is 3.90. The highest BCUT2D eigenvalue weighted by atomic mass is 32.1. The standard InChI is InChI=1S/C12H10N4OS2/c1-5-7-8(13)9(10(14)17)19-12(7)16-11(15-5)6-3-2-4-18-6/h2-4H,13H2,1H3,(H2,14,17). The third-order valence-corrected chi connectivity index (χ3v) is 4.71. The molecule has 19 heavy (non-hydrogen) atoms. The van der Waals surface area contributed by atoms with Crippen molar-refractivity contribution >= 4 is 44.5 Å². The molecule has 0 spiro atoms. The molecule has 4 N–H and O–H groups in total. The average molecular weight is 290 g/mol. The molecule has 0 aromatic carbocycles. The molecule has 0 saturated heterocycles. The van der Waals surface area contributed by atoms with Crippen molar-refractivity contribution in [1.82, 2.24) is 9.97 Å². The highest BCUT2D eigenvalue weighted by molar-refractivity contribution is 7.21. The summed E-state index contributed by atoms with van der Waals surface area (Å²) in [5.41, 5.74) is 12.4. The topological polar surface area (TPSA) is 94.9 Å². The first-order chi connectivity index (χ1) is 9.08. The summed E-state index contributed by atoms with van der Waals surface area (Å²) in [6.45, 7) is 1.86. The van der Waals surface area contributed by atoms with Gasteiger partial charge in [-0.05, 0) is 18.4 Å². The first kappa shape index (κ1) is 12.1. The molecule has 0 aliphatic heterocycles. The van der Waals surface area contributed by atoms with Crippen LogP contribution >= 0.6 is 22.7 Å². The van der Waals surface area contributed by atoms with Crippen molar-refractivity contribution in [2.75, 3.05) is 5.73 Å². The van der Waals surface area contributed by atoms with Crippen molar-refractivity contribution in [2.24, 2.45) is 5.73 Å². The summed E-state index contributed by atoms with van der Waals surface area (Å²) in [5, 5.41) is 2.69. The van der Waals surface area contributed by atoms with Gasteiger partial charge in [-0.2, -0.15) is 0 Å². The number of anilines is 1. The minimum Gasteiger partial charge on any atom is -0.397 e. The van der Waals surface area contributed by atoms with Crippen LogP contribution in [0, 0.1) is 6.92 Å². The molecule has 0 aliphatic carbocycles. The van der Waals surface area contributed by atoms with Gasteiger partial charge in [0.1, 0.15) is 9.71 Å². The third-order valence-electron chi connectivity index (χ3n) is 2.73. The van der Waals surface area contributed by atoms with Crippen molar-refractivity contribution in [2.45, 2.75) is 6.92 Å². The number of fused-ring (bicyclic) bond motifs is 1. The minimum absolute atomic E-state index is 0.343. The fourth-order valence-corrected chi connectivity index (χ4v) is 3.55. The summed E-state index contributed by atoms with van der Waals surface area (Å²) >= 11 is 2.78. The number of amides is 1.